The van der Waals surface area contributed by atoms with Gasteiger partial charge in [-0.2, -0.15) is 4.98 Å². The molecule has 2 aromatic rings. The maximum absolute atomic E-state index is 13.0. The topological polar surface area (TPSA) is 82.3 Å². The highest BCUT2D eigenvalue weighted by molar-refractivity contribution is 7.71. The number of anilines is 1. The van der Waals surface area contributed by atoms with Gasteiger partial charge in [-0.25, -0.2) is 0 Å². The molecule has 0 aliphatic carbocycles. The fourth-order valence-electron chi connectivity index (χ4n) is 2.42. The summed E-state index contributed by atoms with van der Waals surface area (Å²) in [5.41, 5.74) is 6.28. The van der Waals surface area contributed by atoms with Crippen LogP contribution < -0.4 is 11.0 Å². The second-order valence-corrected chi connectivity index (χ2v) is 9.10. The van der Waals surface area contributed by atoms with Crippen molar-refractivity contribution < 1.29 is 13.4 Å². The third-order valence-electron chi connectivity index (χ3n) is 3.63. The van der Waals surface area contributed by atoms with Gasteiger partial charge in [0.25, 0.3) is 6.01 Å². The SMILES string of the molecule is CCP(=O)(CC)c1ccoc1-c1nc(N)oc1CC(C)C. The van der Waals surface area contributed by atoms with Crippen LogP contribution in [0.25, 0.3) is 11.5 Å². The molecule has 2 heterocycles. The summed E-state index contributed by atoms with van der Waals surface area (Å²) in [6, 6.07) is 1.90. The second-order valence-electron chi connectivity index (χ2n) is 5.58. The van der Waals surface area contributed by atoms with E-state index in [9.17, 15) is 4.57 Å². The maximum Gasteiger partial charge on any atom is 0.292 e. The number of furan rings is 1. The minimum atomic E-state index is -2.45. The van der Waals surface area contributed by atoms with E-state index in [2.05, 4.69) is 18.8 Å². The molecule has 2 rings (SSSR count). The minimum Gasteiger partial charge on any atom is -0.462 e. The van der Waals surface area contributed by atoms with Crippen molar-refractivity contribution in [2.45, 2.75) is 34.1 Å². The molecule has 0 radical (unpaired) electrons. The fourth-order valence-corrected chi connectivity index (χ4v) is 4.41. The average Bonchev–Trinajstić information content (AvgIpc) is 3.04. The van der Waals surface area contributed by atoms with Gasteiger partial charge in [0.15, 0.2) is 11.5 Å². The second kappa shape index (κ2) is 6.10. The first-order valence-corrected chi connectivity index (χ1v) is 9.40. The molecule has 0 aromatic carbocycles. The summed E-state index contributed by atoms with van der Waals surface area (Å²) in [6.45, 7) is 8.06. The smallest absolute Gasteiger partial charge is 0.292 e. The van der Waals surface area contributed by atoms with E-state index in [0.29, 0.717) is 41.9 Å². The van der Waals surface area contributed by atoms with Crippen molar-refractivity contribution in [3.63, 3.8) is 0 Å². The van der Waals surface area contributed by atoms with Gasteiger partial charge < -0.3 is 19.1 Å². The molecule has 2 aromatic heterocycles. The van der Waals surface area contributed by atoms with E-state index in [1.54, 1.807) is 12.3 Å². The predicted molar refractivity (Wildman–Crippen MR) is 85.5 cm³/mol. The monoisotopic (exact) mass is 310 g/mol. The molecule has 6 heteroatoms. The molecule has 0 saturated carbocycles. The van der Waals surface area contributed by atoms with Crippen LogP contribution in [-0.4, -0.2) is 17.3 Å². The summed E-state index contributed by atoms with van der Waals surface area (Å²) < 4.78 is 24.1. The van der Waals surface area contributed by atoms with Gasteiger partial charge in [-0.3, -0.25) is 0 Å². The lowest BCUT2D eigenvalue weighted by Crippen LogP contribution is -2.10. The van der Waals surface area contributed by atoms with Gasteiger partial charge in [0.2, 0.25) is 0 Å². The third-order valence-corrected chi connectivity index (χ3v) is 6.90. The Morgan fingerprint density at radius 1 is 1.33 bits per heavy atom. The van der Waals surface area contributed by atoms with E-state index in [4.69, 9.17) is 14.6 Å². The Morgan fingerprint density at radius 2 is 2.00 bits per heavy atom. The molecule has 2 N–H and O–H groups in total. The van der Waals surface area contributed by atoms with E-state index in [-0.39, 0.29) is 6.01 Å². The Morgan fingerprint density at radius 3 is 2.57 bits per heavy atom. The highest BCUT2D eigenvalue weighted by atomic mass is 31.2. The molecular weight excluding hydrogens is 287 g/mol. The van der Waals surface area contributed by atoms with E-state index in [0.717, 1.165) is 5.30 Å². The lowest BCUT2D eigenvalue weighted by Gasteiger charge is -2.13. The Labute approximate surface area is 125 Å². The van der Waals surface area contributed by atoms with Crippen LogP contribution in [0, 0.1) is 5.92 Å². The van der Waals surface area contributed by atoms with Crippen molar-refractivity contribution in [1.82, 2.24) is 4.98 Å². The normalized spacial score (nSPS) is 12.2. The van der Waals surface area contributed by atoms with E-state index < -0.39 is 7.14 Å². The van der Waals surface area contributed by atoms with Crippen molar-refractivity contribution in [3.8, 4) is 11.5 Å². The van der Waals surface area contributed by atoms with E-state index >= 15 is 0 Å². The van der Waals surface area contributed by atoms with Gasteiger partial charge in [0, 0.05) is 18.7 Å². The van der Waals surface area contributed by atoms with Crippen molar-refractivity contribution >= 4 is 18.5 Å². The first-order chi connectivity index (χ1) is 9.91. The van der Waals surface area contributed by atoms with Gasteiger partial charge in [0.05, 0.1) is 11.6 Å². The molecule has 116 valence electrons. The lowest BCUT2D eigenvalue weighted by molar-refractivity contribution is 0.482. The molecule has 0 aliphatic rings. The maximum atomic E-state index is 13.0. The standard InChI is InChI=1S/C15H23N2O3P/c1-5-21(18,6-2)12-7-8-19-14(12)13-11(9-10(3)4)20-15(16)17-13/h7-8,10H,5-6,9H2,1-4H3,(H2,16,17). The number of nitrogen functional groups attached to an aromatic ring is 1. The predicted octanol–water partition coefficient (Wildman–Crippen LogP) is 3.74. The molecule has 0 spiro atoms. The zero-order chi connectivity index (χ0) is 15.6. The van der Waals surface area contributed by atoms with Gasteiger partial charge in [-0.15, -0.1) is 0 Å². The number of hydrogen-bond acceptors (Lipinski definition) is 5. The number of nitrogens with zero attached hydrogens (tertiary/aromatic N) is 1. The summed E-state index contributed by atoms with van der Waals surface area (Å²) in [4.78, 5) is 4.25. The summed E-state index contributed by atoms with van der Waals surface area (Å²) in [5, 5.41) is 0.741. The molecule has 0 amide bonds. The first-order valence-electron chi connectivity index (χ1n) is 7.33. The molecule has 0 aliphatic heterocycles. The number of aromatic nitrogens is 1. The van der Waals surface area contributed by atoms with E-state index in [1.807, 2.05) is 13.8 Å². The van der Waals surface area contributed by atoms with Gasteiger partial charge in [-0.05, 0) is 12.0 Å². The van der Waals surface area contributed by atoms with E-state index in [1.165, 1.54) is 0 Å². The van der Waals surface area contributed by atoms with Gasteiger partial charge in [-0.1, -0.05) is 27.7 Å². The Balaban J connectivity index is 2.54. The van der Waals surface area contributed by atoms with Crippen molar-refractivity contribution in [3.05, 3.63) is 18.1 Å². The molecule has 0 bridgehead atoms. The van der Waals surface area contributed by atoms with Crippen LogP contribution in [0.1, 0.15) is 33.5 Å². The summed E-state index contributed by atoms with van der Waals surface area (Å²) >= 11 is 0. The van der Waals surface area contributed by atoms with Crippen molar-refractivity contribution in [1.29, 1.82) is 0 Å². The molecule has 5 nitrogen and oxygen atoms in total. The van der Waals surface area contributed by atoms with Crippen molar-refractivity contribution in [2.75, 3.05) is 18.1 Å². The highest BCUT2D eigenvalue weighted by Crippen LogP contribution is 2.46. The number of hydrogen-bond donors (Lipinski definition) is 1. The summed E-state index contributed by atoms with van der Waals surface area (Å²) in [5.74, 6) is 1.63. The third kappa shape index (κ3) is 3.08. The Kier molecular flexibility index (Phi) is 4.62. The molecule has 0 fully saturated rings. The zero-order valence-electron chi connectivity index (χ0n) is 13.0. The van der Waals surface area contributed by atoms with Crippen LogP contribution in [0.15, 0.2) is 21.2 Å². The quantitative estimate of drug-likeness (QED) is 0.822. The Hall–Kier alpha value is -1.48. The van der Waals surface area contributed by atoms with Crippen LogP contribution in [0.2, 0.25) is 0 Å². The number of oxazole rings is 1. The molecule has 0 atom stereocenters. The largest absolute Gasteiger partial charge is 0.462 e. The van der Waals surface area contributed by atoms with Crippen LogP contribution >= 0.6 is 7.14 Å². The van der Waals surface area contributed by atoms with Crippen LogP contribution in [0.3, 0.4) is 0 Å². The van der Waals surface area contributed by atoms with Gasteiger partial charge >= 0.3 is 0 Å². The summed E-state index contributed by atoms with van der Waals surface area (Å²) in [7, 11) is -2.45. The fraction of sp³-hybridized carbons (Fsp3) is 0.533. The highest BCUT2D eigenvalue weighted by Gasteiger charge is 2.29. The molecular formula is C15H23N2O3P. The number of nitrogens with two attached hydrogens (primary N) is 1. The minimum absolute atomic E-state index is 0.117. The van der Waals surface area contributed by atoms with Crippen molar-refractivity contribution in [2.24, 2.45) is 5.92 Å². The Bertz CT molecular complexity index is 650. The van der Waals surface area contributed by atoms with Crippen LogP contribution in [-0.2, 0) is 11.0 Å². The van der Waals surface area contributed by atoms with Crippen LogP contribution in [0.5, 0.6) is 0 Å². The van der Waals surface area contributed by atoms with Gasteiger partial charge in [0.1, 0.15) is 12.9 Å². The van der Waals surface area contributed by atoms with Crippen LogP contribution in [0.4, 0.5) is 6.01 Å². The average molecular weight is 310 g/mol. The summed E-state index contributed by atoms with van der Waals surface area (Å²) in [6.07, 6.45) is 3.47. The molecule has 21 heavy (non-hydrogen) atoms. The zero-order valence-corrected chi connectivity index (χ0v) is 13.9. The first kappa shape index (κ1) is 15.9. The molecule has 0 unspecified atom stereocenters. The molecule has 0 saturated heterocycles. The number of rotatable bonds is 6. The lowest BCUT2D eigenvalue weighted by atomic mass is 10.1.